The molecule has 0 aromatic carbocycles. The Morgan fingerprint density at radius 1 is 1.54 bits per heavy atom. The Morgan fingerprint density at radius 2 is 2.15 bits per heavy atom. The Kier molecular flexibility index (Phi) is 3.23. The first-order valence-corrected chi connectivity index (χ1v) is 4.23. The summed E-state index contributed by atoms with van der Waals surface area (Å²) in [6.45, 7) is 0. The molecule has 0 amide bonds. The molecule has 0 aliphatic heterocycles. The van der Waals surface area contributed by atoms with E-state index in [1.165, 1.54) is 0 Å². The van der Waals surface area contributed by atoms with Crippen molar-refractivity contribution in [3.8, 4) is 0 Å². The molecule has 0 bridgehead atoms. The highest BCUT2D eigenvalue weighted by Crippen LogP contribution is 2.23. The van der Waals surface area contributed by atoms with E-state index in [9.17, 15) is 18.0 Å². The van der Waals surface area contributed by atoms with Crippen LogP contribution in [0.25, 0.3) is 0 Å². The first-order valence-electron chi connectivity index (χ1n) is 3.15. The van der Waals surface area contributed by atoms with E-state index in [1.807, 2.05) is 0 Å². The molecule has 1 aromatic rings. The van der Waals surface area contributed by atoms with Crippen LogP contribution in [-0.4, -0.2) is 11.3 Å². The van der Waals surface area contributed by atoms with Crippen LogP contribution in [-0.2, 0) is 0 Å². The molecule has 0 radical (unpaired) electrons. The number of pyridine rings is 1. The van der Waals surface area contributed by atoms with Gasteiger partial charge in [0.05, 0.1) is 5.56 Å². The lowest BCUT2D eigenvalue weighted by Gasteiger charge is -2.03. The summed E-state index contributed by atoms with van der Waals surface area (Å²) in [6.07, 6.45) is -2.69. The number of hydrogen-bond acceptors (Lipinski definition) is 2. The number of alkyl halides is 2. The van der Waals surface area contributed by atoms with Crippen molar-refractivity contribution in [1.29, 1.82) is 0 Å². The first-order chi connectivity index (χ1) is 6.06. The van der Waals surface area contributed by atoms with E-state index in [0.29, 0.717) is 0 Å². The number of nitrogens with zero attached hydrogens (tertiary/aromatic N) is 1. The van der Waals surface area contributed by atoms with Crippen molar-refractivity contribution in [3.63, 3.8) is 0 Å². The van der Waals surface area contributed by atoms with Gasteiger partial charge in [-0.3, -0.25) is 4.79 Å². The smallest absolute Gasteiger partial charge is 0.281 e. The Bertz CT molecular complexity index is 343. The van der Waals surface area contributed by atoms with Crippen molar-refractivity contribution in [1.82, 2.24) is 4.98 Å². The molecular formula is C7H3F3INO. The third kappa shape index (κ3) is 2.17. The fourth-order valence-electron chi connectivity index (χ4n) is 0.795. The highest BCUT2D eigenvalue weighted by molar-refractivity contribution is 14.1. The summed E-state index contributed by atoms with van der Waals surface area (Å²) in [4.78, 5) is 13.3. The van der Waals surface area contributed by atoms with Crippen LogP contribution in [0, 0.1) is 9.52 Å². The molecule has 0 saturated carbocycles. The minimum absolute atomic E-state index is 0.135. The molecule has 0 spiro atoms. The second-order valence-electron chi connectivity index (χ2n) is 2.14. The van der Waals surface area contributed by atoms with E-state index in [-0.39, 0.29) is 15.4 Å². The van der Waals surface area contributed by atoms with Gasteiger partial charge in [0.15, 0.2) is 6.29 Å². The summed E-state index contributed by atoms with van der Waals surface area (Å²) in [7, 11) is 0. The lowest BCUT2D eigenvalue weighted by molar-refractivity contribution is 0.110. The maximum atomic E-state index is 12.5. The summed E-state index contributed by atoms with van der Waals surface area (Å²) >= 11 is 1.60. The van der Waals surface area contributed by atoms with E-state index >= 15 is 0 Å². The number of hydrogen-bond donors (Lipinski definition) is 0. The minimum Gasteiger partial charge on any atom is -0.298 e. The quantitative estimate of drug-likeness (QED) is 0.477. The van der Waals surface area contributed by atoms with Crippen molar-refractivity contribution in [2.75, 3.05) is 0 Å². The number of carbonyl (C=O) groups excluding carboxylic acids is 1. The predicted octanol–water partition coefficient (Wildman–Crippen LogP) is 2.58. The zero-order valence-electron chi connectivity index (χ0n) is 6.10. The van der Waals surface area contributed by atoms with E-state index < -0.39 is 18.1 Å². The van der Waals surface area contributed by atoms with Crippen molar-refractivity contribution in [2.45, 2.75) is 6.43 Å². The van der Waals surface area contributed by atoms with E-state index in [2.05, 4.69) is 4.98 Å². The number of carbonyl (C=O) groups is 1. The fraction of sp³-hybridized carbons (Fsp3) is 0.143. The molecule has 0 unspecified atom stereocenters. The monoisotopic (exact) mass is 301 g/mol. The topological polar surface area (TPSA) is 30.0 Å². The van der Waals surface area contributed by atoms with Crippen molar-refractivity contribution in [2.24, 2.45) is 0 Å². The molecule has 2 nitrogen and oxygen atoms in total. The van der Waals surface area contributed by atoms with Gasteiger partial charge in [0.25, 0.3) is 6.43 Å². The highest BCUT2D eigenvalue weighted by Gasteiger charge is 2.18. The minimum atomic E-state index is -2.94. The van der Waals surface area contributed by atoms with Crippen LogP contribution in [0.2, 0.25) is 0 Å². The van der Waals surface area contributed by atoms with Gasteiger partial charge >= 0.3 is 0 Å². The molecule has 1 rings (SSSR count). The normalized spacial score (nSPS) is 10.5. The van der Waals surface area contributed by atoms with Crippen LogP contribution < -0.4 is 0 Å². The van der Waals surface area contributed by atoms with E-state index in [0.717, 1.165) is 6.07 Å². The second-order valence-corrected chi connectivity index (χ2v) is 3.31. The molecule has 70 valence electrons. The molecule has 0 saturated heterocycles. The SMILES string of the molecule is O=Cc1c(I)cc(F)nc1C(F)F. The Labute approximate surface area is 85.3 Å². The molecule has 0 atom stereocenters. The van der Waals surface area contributed by atoms with Crippen molar-refractivity contribution in [3.05, 3.63) is 26.8 Å². The maximum Gasteiger partial charge on any atom is 0.281 e. The molecule has 0 N–H and O–H groups in total. The third-order valence-electron chi connectivity index (χ3n) is 1.33. The standard InChI is InChI=1S/C7H3F3INO/c8-5-1-4(11)3(2-13)6(12-5)7(9)10/h1-2,7H. The number of aromatic nitrogens is 1. The zero-order chi connectivity index (χ0) is 10.0. The van der Waals surface area contributed by atoms with Gasteiger partial charge in [-0.2, -0.15) is 4.39 Å². The average molecular weight is 301 g/mol. The number of halogens is 4. The van der Waals surface area contributed by atoms with Crippen molar-refractivity contribution < 1.29 is 18.0 Å². The summed E-state index contributed by atoms with van der Waals surface area (Å²) in [5, 5.41) is 0. The second kappa shape index (κ2) is 4.03. The fourth-order valence-corrected chi connectivity index (χ4v) is 1.46. The Balaban J connectivity index is 3.38. The van der Waals surface area contributed by atoms with Crippen LogP contribution >= 0.6 is 22.6 Å². The number of rotatable bonds is 2. The van der Waals surface area contributed by atoms with Gasteiger partial charge < -0.3 is 0 Å². The molecule has 0 aliphatic rings. The molecule has 1 aromatic heterocycles. The Hall–Kier alpha value is -0.660. The number of aldehydes is 1. The molecule has 1 heterocycles. The molecule has 0 fully saturated rings. The van der Waals surface area contributed by atoms with Crippen molar-refractivity contribution >= 4 is 28.9 Å². The highest BCUT2D eigenvalue weighted by atomic mass is 127. The summed E-state index contributed by atoms with van der Waals surface area (Å²) in [5.74, 6) is -1.01. The van der Waals surface area contributed by atoms with E-state index in [4.69, 9.17) is 0 Å². The molecule has 6 heteroatoms. The van der Waals surface area contributed by atoms with Crippen LogP contribution in [0.1, 0.15) is 22.5 Å². The third-order valence-corrected chi connectivity index (χ3v) is 2.22. The van der Waals surface area contributed by atoms with Gasteiger partial charge in [0.2, 0.25) is 5.95 Å². The lowest BCUT2D eigenvalue weighted by Crippen LogP contribution is -2.02. The van der Waals surface area contributed by atoms with Gasteiger partial charge in [0, 0.05) is 9.64 Å². The van der Waals surface area contributed by atoms with Crippen LogP contribution in [0.4, 0.5) is 13.2 Å². The lowest BCUT2D eigenvalue weighted by atomic mass is 10.2. The molecule has 13 heavy (non-hydrogen) atoms. The van der Waals surface area contributed by atoms with Crippen LogP contribution in [0.3, 0.4) is 0 Å². The van der Waals surface area contributed by atoms with Gasteiger partial charge in [-0.25, -0.2) is 13.8 Å². The summed E-state index contributed by atoms with van der Waals surface area (Å²) < 4.78 is 37.0. The Morgan fingerprint density at radius 3 is 2.62 bits per heavy atom. The van der Waals surface area contributed by atoms with Gasteiger partial charge in [-0.15, -0.1) is 0 Å². The summed E-state index contributed by atoms with van der Waals surface area (Å²) in [6, 6.07) is 0.927. The largest absolute Gasteiger partial charge is 0.298 e. The molecule has 0 aliphatic carbocycles. The first kappa shape index (κ1) is 10.4. The summed E-state index contributed by atoms with van der Waals surface area (Å²) in [5.41, 5.74) is -1.06. The maximum absolute atomic E-state index is 12.5. The van der Waals surface area contributed by atoms with Gasteiger partial charge in [0.1, 0.15) is 5.69 Å². The van der Waals surface area contributed by atoms with Gasteiger partial charge in [-0.05, 0) is 22.6 Å². The zero-order valence-corrected chi connectivity index (χ0v) is 8.26. The molecular weight excluding hydrogens is 298 g/mol. The predicted molar refractivity (Wildman–Crippen MR) is 47.3 cm³/mol. The van der Waals surface area contributed by atoms with Crippen LogP contribution in [0.5, 0.6) is 0 Å². The van der Waals surface area contributed by atoms with Gasteiger partial charge in [-0.1, -0.05) is 0 Å². The van der Waals surface area contributed by atoms with Crippen LogP contribution in [0.15, 0.2) is 6.07 Å². The average Bonchev–Trinajstić information content (AvgIpc) is 2.02. The van der Waals surface area contributed by atoms with E-state index in [1.54, 1.807) is 22.6 Å².